The summed E-state index contributed by atoms with van der Waals surface area (Å²) < 4.78 is 0. The lowest BCUT2D eigenvalue weighted by molar-refractivity contribution is -0.114. The summed E-state index contributed by atoms with van der Waals surface area (Å²) in [5.74, 6) is 0.101. The molecule has 2 amide bonds. The molecule has 0 radical (unpaired) electrons. The number of nitrogens with zero attached hydrogens (tertiary/aromatic N) is 1. The van der Waals surface area contributed by atoms with Crippen molar-refractivity contribution in [3.8, 4) is 0 Å². The zero-order valence-electron chi connectivity index (χ0n) is 15.7. The van der Waals surface area contributed by atoms with E-state index in [0.29, 0.717) is 10.9 Å². The Hall–Kier alpha value is -2.64. The molecule has 3 aromatic rings. The van der Waals surface area contributed by atoms with Crippen LogP contribution in [0.4, 0.5) is 10.8 Å². The fraction of sp³-hybridized carbons (Fsp3) is 0.190. The first-order valence-corrected chi connectivity index (χ1v) is 10.6. The Labute approximate surface area is 172 Å². The summed E-state index contributed by atoms with van der Waals surface area (Å²) in [5, 5.41) is 6.19. The van der Waals surface area contributed by atoms with Gasteiger partial charge < -0.3 is 10.6 Å². The van der Waals surface area contributed by atoms with Crippen LogP contribution < -0.4 is 10.6 Å². The Morgan fingerprint density at radius 2 is 1.75 bits per heavy atom. The number of rotatable bonds is 7. The maximum atomic E-state index is 12.2. The normalized spacial score (nSPS) is 10.5. The molecule has 5 nitrogen and oxygen atoms in total. The van der Waals surface area contributed by atoms with E-state index in [1.807, 2.05) is 30.5 Å². The number of aromatic nitrogens is 1. The minimum atomic E-state index is -0.107. The first-order valence-electron chi connectivity index (χ1n) is 8.78. The summed E-state index contributed by atoms with van der Waals surface area (Å²) in [6.45, 7) is 3.54. The fourth-order valence-corrected chi connectivity index (χ4v) is 4.06. The number of carbonyl (C=O) groups is 2. The lowest BCUT2D eigenvalue weighted by Gasteiger charge is -2.05. The van der Waals surface area contributed by atoms with E-state index in [1.54, 1.807) is 0 Å². The Morgan fingerprint density at radius 3 is 2.43 bits per heavy atom. The zero-order valence-corrected chi connectivity index (χ0v) is 17.3. The molecule has 0 spiro atoms. The van der Waals surface area contributed by atoms with E-state index in [9.17, 15) is 9.59 Å². The van der Waals surface area contributed by atoms with Crippen LogP contribution in [-0.4, -0.2) is 22.6 Å². The van der Waals surface area contributed by atoms with Gasteiger partial charge in [0.15, 0.2) is 5.13 Å². The van der Waals surface area contributed by atoms with E-state index in [0.717, 1.165) is 21.9 Å². The van der Waals surface area contributed by atoms with E-state index >= 15 is 0 Å². The summed E-state index contributed by atoms with van der Waals surface area (Å²) in [7, 11) is 0. The molecule has 7 heteroatoms. The average Bonchev–Trinajstić information content (AvgIpc) is 3.09. The van der Waals surface area contributed by atoms with Crippen LogP contribution in [-0.2, 0) is 16.0 Å². The van der Waals surface area contributed by atoms with Crippen LogP contribution in [0.2, 0.25) is 0 Å². The highest BCUT2D eigenvalue weighted by molar-refractivity contribution is 8.00. The quantitative estimate of drug-likeness (QED) is 0.551. The lowest BCUT2D eigenvalue weighted by atomic mass is 10.1. The molecule has 0 saturated carbocycles. The van der Waals surface area contributed by atoms with Crippen molar-refractivity contribution in [1.29, 1.82) is 0 Å². The topological polar surface area (TPSA) is 71.1 Å². The number of benzene rings is 2. The number of carbonyl (C=O) groups excluding carboxylic acids is 2. The van der Waals surface area contributed by atoms with Gasteiger partial charge in [0, 0.05) is 35.0 Å². The summed E-state index contributed by atoms with van der Waals surface area (Å²) >= 11 is 2.94. The van der Waals surface area contributed by atoms with E-state index in [1.165, 1.54) is 41.1 Å². The smallest absolute Gasteiger partial charge is 0.236 e. The number of anilines is 2. The molecule has 1 aromatic heterocycles. The van der Waals surface area contributed by atoms with Crippen LogP contribution in [0.3, 0.4) is 0 Å². The second-order valence-corrected chi connectivity index (χ2v) is 8.50. The summed E-state index contributed by atoms with van der Waals surface area (Å²) in [6.07, 6.45) is 2.62. The minimum absolute atomic E-state index is 0.0906. The molecule has 0 aliphatic carbocycles. The van der Waals surface area contributed by atoms with Crippen LogP contribution in [0.15, 0.2) is 59.6 Å². The minimum Gasteiger partial charge on any atom is -0.326 e. The molecule has 0 saturated heterocycles. The molecule has 0 unspecified atom stereocenters. The van der Waals surface area contributed by atoms with Gasteiger partial charge in [-0.2, -0.15) is 0 Å². The number of nitrogens with one attached hydrogen (secondary N) is 2. The van der Waals surface area contributed by atoms with Crippen molar-refractivity contribution in [3.05, 3.63) is 70.7 Å². The van der Waals surface area contributed by atoms with Crippen LogP contribution in [0.1, 0.15) is 22.9 Å². The van der Waals surface area contributed by atoms with Crippen LogP contribution in [0.25, 0.3) is 0 Å². The maximum absolute atomic E-state index is 12.2. The van der Waals surface area contributed by atoms with Gasteiger partial charge in [-0.15, -0.1) is 23.1 Å². The molecule has 0 aliphatic heterocycles. The molecule has 28 heavy (non-hydrogen) atoms. The van der Waals surface area contributed by atoms with Crippen molar-refractivity contribution in [3.63, 3.8) is 0 Å². The zero-order chi connectivity index (χ0) is 19.9. The van der Waals surface area contributed by atoms with Gasteiger partial charge in [0.25, 0.3) is 0 Å². The Balaban J connectivity index is 1.47. The van der Waals surface area contributed by atoms with Crippen molar-refractivity contribution in [2.24, 2.45) is 0 Å². The number of thioether (sulfide) groups is 1. The first kappa shape index (κ1) is 20.1. The number of amides is 2. The molecule has 0 atom stereocenters. The maximum Gasteiger partial charge on any atom is 0.236 e. The number of hydrogen-bond acceptors (Lipinski definition) is 5. The van der Waals surface area contributed by atoms with Gasteiger partial charge in [-0.3, -0.25) is 9.59 Å². The van der Waals surface area contributed by atoms with Gasteiger partial charge in [-0.1, -0.05) is 29.8 Å². The monoisotopic (exact) mass is 411 g/mol. The molecule has 0 bridgehead atoms. The number of thiazole rings is 1. The Morgan fingerprint density at radius 1 is 1.04 bits per heavy atom. The third-order valence-electron chi connectivity index (χ3n) is 3.84. The Bertz CT molecular complexity index is 951. The van der Waals surface area contributed by atoms with E-state index in [2.05, 4.69) is 46.8 Å². The standard InChI is InChI=1S/C21H21N3O2S2/c1-14-3-5-16(6-4-14)11-19-12-22-21(28-19)24-20(26)13-27-18-9-7-17(8-10-18)23-15(2)25/h3-10,12H,11,13H2,1-2H3,(H,23,25)(H,22,24,26). The molecular formula is C21H21N3O2S2. The van der Waals surface area contributed by atoms with Gasteiger partial charge in [0.05, 0.1) is 5.75 Å². The predicted molar refractivity (Wildman–Crippen MR) is 116 cm³/mol. The van der Waals surface area contributed by atoms with Gasteiger partial charge in [0.2, 0.25) is 11.8 Å². The van der Waals surface area contributed by atoms with E-state index < -0.39 is 0 Å². The van der Waals surface area contributed by atoms with Crippen molar-refractivity contribution in [1.82, 2.24) is 4.98 Å². The van der Waals surface area contributed by atoms with E-state index in [-0.39, 0.29) is 11.8 Å². The molecule has 0 fully saturated rings. The van der Waals surface area contributed by atoms with Gasteiger partial charge >= 0.3 is 0 Å². The van der Waals surface area contributed by atoms with Crippen molar-refractivity contribution in [2.75, 3.05) is 16.4 Å². The van der Waals surface area contributed by atoms with Gasteiger partial charge in [0.1, 0.15) is 0 Å². The van der Waals surface area contributed by atoms with E-state index in [4.69, 9.17) is 0 Å². The second-order valence-electron chi connectivity index (χ2n) is 6.34. The van der Waals surface area contributed by atoms with Crippen molar-refractivity contribution in [2.45, 2.75) is 25.2 Å². The summed E-state index contributed by atoms with van der Waals surface area (Å²) in [5.41, 5.74) is 3.21. The summed E-state index contributed by atoms with van der Waals surface area (Å²) in [6, 6.07) is 15.8. The third-order valence-corrected chi connectivity index (χ3v) is 5.77. The van der Waals surface area contributed by atoms with Crippen LogP contribution >= 0.6 is 23.1 Å². The number of aryl methyl sites for hydroxylation is 1. The highest BCUT2D eigenvalue weighted by atomic mass is 32.2. The molecule has 1 heterocycles. The Kier molecular flexibility index (Phi) is 6.84. The molecule has 2 aromatic carbocycles. The highest BCUT2D eigenvalue weighted by Gasteiger charge is 2.08. The highest BCUT2D eigenvalue weighted by Crippen LogP contribution is 2.23. The molecule has 3 rings (SSSR count). The largest absolute Gasteiger partial charge is 0.326 e. The van der Waals surface area contributed by atoms with Crippen molar-refractivity contribution >= 4 is 45.7 Å². The molecule has 144 valence electrons. The second kappa shape index (κ2) is 9.52. The lowest BCUT2D eigenvalue weighted by Crippen LogP contribution is -2.13. The average molecular weight is 412 g/mol. The summed E-state index contributed by atoms with van der Waals surface area (Å²) in [4.78, 5) is 29.6. The third kappa shape index (κ3) is 6.21. The fourth-order valence-electron chi connectivity index (χ4n) is 2.50. The molecular weight excluding hydrogens is 390 g/mol. The molecule has 0 aliphatic rings. The predicted octanol–water partition coefficient (Wildman–Crippen LogP) is 4.73. The van der Waals surface area contributed by atoms with Gasteiger partial charge in [-0.05, 0) is 36.8 Å². The molecule has 2 N–H and O–H groups in total. The van der Waals surface area contributed by atoms with Crippen molar-refractivity contribution < 1.29 is 9.59 Å². The van der Waals surface area contributed by atoms with Crippen LogP contribution in [0.5, 0.6) is 0 Å². The van der Waals surface area contributed by atoms with Crippen LogP contribution in [0, 0.1) is 6.92 Å². The first-order chi connectivity index (χ1) is 13.5. The number of hydrogen-bond donors (Lipinski definition) is 2. The SMILES string of the molecule is CC(=O)Nc1ccc(SCC(=O)Nc2ncc(Cc3ccc(C)cc3)s2)cc1. The van der Waals surface area contributed by atoms with Gasteiger partial charge in [-0.25, -0.2) is 4.98 Å².